The van der Waals surface area contributed by atoms with E-state index in [-0.39, 0.29) is 11.8 Å². The number of fused-ring (bicyclic) bond motifs is 1. The van der Waals surface area contributed by atoms with Crippen molar-refractivity contribution in [1.29, 1.82) is 0 Å². The minimum Gasteiger partial charge on any atom is -0.311 e. The first kappa shape index (κ1) is 17.7. The fourth-order valence-corrected chi connectivity index (χ4v) is 3.77. The zero-order valence-electron chi connectivity index (χ0n) is 15.0. The largest absolute Gasteiger partial charge is 0.311 e. The van der Waals surface area contributed by atoms with Gasteiger partial charge in [0, 0.05) is 48.4 Å². The van der Waals surface area contributed by atoms with Gasteiger partial charge in [0.25, 0.3) is 0 Å². The summed E-state index contributed by atoms with van der Waals surface area (Å²) >= 11 is 1.64. The number of anilines is 1. The van der Waals surface area contributed by atoms with Crippen molar-refractivity contribution in [2.45, 2.75) is 37.4 Å². The van der Waals surface area contributed by atoms with Gasteiger partial charge in [0.05, 0.1) is 12.7 Å². The van der Waals surface area contributed by atoms with Gasteiger partial charge in [-0.2, -0.15) is 5.10 Å². The molecule has 1 aliphatic rings. The summed E-state index contributed by atoms with van der Waals surface area (Å²) in [6.07, 6.45) is 10.5. The Balaban J connectivity index is 1.61. The van der Waals surface area contributed by atoms with Crippen LogP contribution in [0.4, 0.5) is 5.82 Å². The molecule has 0 spiro atoms. The molecule has 0 saturated carbocycles. The number of nitrogens with one attached hydrogen (secondary N) is 1. The Hall–Kier alpha value is -2.74. The second kappa shape index (κ2) is 7.87. The minimum absolute atomic E-state index is 0.0233. The summed E-state index contributed by atoms with van der Waals surface area (Å²) < 4.78 is 1.81. The lowest BCUT2D eigenvalue weighted by molar-refractivity contribution is -0.116. The molecule has 1 N–H and O–H groups in total. The lowest BCUT2D eigenvalue weighted by Crippen LogP contribution is -2.25. The standard InChI is InChI=1S/C19H20N6OS/c1-2-6-27-19-21-9-14(10-22-19)15-7-17(26)24-18-16(15)11-23-25(18)12-13-4-3-5-20-8-13/h3-5,8-11,15H,2,6-7,12H2,1H3,(H,24,26). The topological polar surface area (TPSA) is 85.6 Å². The van der Waals surface area contributed by atoms with Crippen molar-refractivity contribution in [2.24, 2.45) is 0 Å². The van der Waals surface area contributed by atoms with E-state index in [1.54, 1.807) is 24.2 Å². The average molecular weight is 380 g/mol. The van der Waals surface area contributed by atoms with Crippen LogP contribution in [0.2, 0.25) is 0 Å². The van der Waals surface area contributed by atoms with Crippen LogP contribution < -0.4 is 5.32 Å². The van der Waals surface area contributed by atoms with E-state index >= 15 is 0 Å². The quantitative estimate of drug-likeness (QED) is 0.522. The Morgan fingerprint density at radius 1 is 1.26 bits per heavy atom. The van der Waals surface area contributed by atoms with E-state index in [0.29, 0.717) is 13.0 Å². The summed E-state index contributed by atoms with van der Waals surface area (Å²) in [5.41, 5.74) is 2.96. The Morgan fingerprint density at radius 2 is 2.11 bits per heavy atom. The van der Waals surface area contributed by atoms with Crippen molar-refractivity contribution < 1.29 is 4.79 Å². The normalized spacial score (nSPS) is 16.0. The van der Waals surface area contributed by atoms with Crippen LogP contribution in [0.3, 0.4) is 0 Å². The third-order valence-corrected chi connectivity index (χ3v) is 5.51. The van der Waals surface area contributed by atoms with Crippen LogP contribution in [-0.4, -0.2) is 36.4 Å². The molecule has 0 aromatic carbocycles. The molecule has 3 aromatic rings. The van der Waals surface area contributed by atoms with Gasteiger partial charge < -0.3 is 5.32 Å². The molecule has 1 aliphatic heterocycles. The number of pyridine rings is 1. The zero-order valence-corrected chi connectivity index (χ0v) is 15.8. The van der Waals surface area contributed by atoms with E-state index in [4.69, 9.17) is 0 Å². The molecule has 1 unspecified atom stereocenters. The van der Waals surface area contributed by atoms with Crippen LogP contribution in [0.25, 0.3) is 0 Å². The summed E-state index contributed by atoms with van der Waals surface area (Å²) in [5.74, 6) is 1.63. The molecule has 138 valence electrons. The fraction of sp³-hybridized carbons (Fsp3) is 0.316. The van der Waals surface area contributed by atoms with Crippen molar-refractivity contribution in [1.82, 2.24) is 24.7 Å². The SMILES string of the molecule is CCCSc1ncc(C2CC(=O)Nc3c2cnn3Cc2cccnc2)cn1. The van der Waals surface area contributed by atoms with Gasteiger partial charge in [-0.25, -0.2) is 14.6 Å². The maximum Gasteiger partial charge on any atom is 0.226 e. The van der Waals surface area contributed by atoms with Crippen LogP contribution >= 0.6 is 11.8 Å². The van der Waals surface area contributed by atoms with Gasteiger partial charge in [0.2, 0.25) is 5.91 Å². The van der Waals surface area contributed by atoms with Gasteiger partial charge >= 0.3 is 0 Å². The van der Waals surface area contributed by atoms with Crippen molar-refractivity contribution in [3.8, 4) is 0 Å². The first-order chi connectivity index (χ1) is 13.2. The number of aromatic nitrogens is 5. The van der Waals surface area contributed by atoms with Crippen molar-refractivity contribution in [3.05, 3.63) is 59.8 Å². The molecular formula is C19H20N6OS. The second-order valence-corrected chi connectivity index (χ2v) is 7.48. The summed E-state index contributed by atoms with van der Waals surface area (Å²) in [6, 6.07) is 3.88. The smallest absolute Gasteiger partial charge is 0.226 e. The van der Waals surface area contributed by atoms with Crippen LogP contribution in [0, 0.1) is 0 Å². The molecule has 1 amide bonds. The maximum absolute atomic E-state index is 12.3. The molecule has 4 heterocycles. The first-order valence-electron chi connectivity index (χ1n) is 8.93. The van der Waals surface area contributed by atoms with Crippen molar-refractivity contribution >= 4 is 23.5 Å². The number of thioether (sulfide) groups is 1. The Kier molecular flexibility index (Phi) is 5.15. The minimum atomic E-state index is -0.0818. The highest BCUT2D eigenvalue weighted by atomic mass is 32.2. The number of nitrogens with zero attached hydrogens (tertiary/aromatic N) is 5. The molecule has 0 fully saturated rings. The summed E-state index contributed by atoms with van der Waals surface area (Å²) in [7, 11) is 0. The number of carbonyl (C=O) groups is 1. The molecule has 4 rings (SSSR count). The zero-order chi connectivity index (χ0) is 18.6. The molecule has 0 saturated heterocycles. The Bertz CT molecular complexity index is 925. The average Bonchev–Trinajstić information content (AvgIpc) is 3.09. The molecule has 0 radical (unpaired) electrons. The number of rotatable bonds is 6. The highest BCUT2D eigenvalue weighted by Gasteiger charge is 2.30. The third-order valence-electron chi connectivity index (χ3n) is 4.43. The van der Waals surface area contributed by atoms with E-state index in [1.807, 2.05) is 35.4 Å². The first-order valence-corrected chi connectivity index (χ1v) is 9.92. The van der Waals surface area contributed by atoms with Crippen molar-refractivity contribution in [2.75, 3.05) is 11.1 Å². The van der Waals surface area contributed by atoms with E-state index in [1.165, 1.54) is 0 Å². The lowest BCUT2D eigenvalue weighted by atomic mass is 9.89. The van der Waals surface area contributed by atoms with E-state index in [9.17, 15) is 4.79 Å². The van der Waals surface area contributed by atoms with E-state index in [2.05, 4.69) is 32.3 Å². The molecule has 8 heteroatoms. The number of amides is 1. The number of hydrogen-bond donors (Lipinski definition) is 1. The molecule has 7 nitrogen and oxygen atoms in total. The molecule has 27 heavy (non-hydrogen) atoms. The van der Waals surface area contributed by atoms with Gasteiger partial charge in [-0.1, -0.05) is 24.8 Å². The van der Waals surface area contributed by atoms with Gasteiger partial charge in [-0.3, -0.25) is 9.78 Å². The Labute approximate surface area is 161 Å². The predicted octanol–water partition coefficient (Wildman–Crippen LogP) is 3.09. The summed E-state index contributed by atoms with van der Waals surface area (Å²) in [6.45, 7) is 2.69. The summed E-state index contributed by atoms with van der Waals surface area (Å²) in [5, 5.41) is 8.23. The van der Waals surface area contributed by atoms with Crippen LogP contribution in [0.1, 0.15) is 42.4 Å². The maximum atomic E-state index is 12.3. The lowest BCUT2D eigenvalue weighted by Gasteiger charge is -2.23. The van der Waals surface area contributed by atoms with Gasteiger partial charge in [-0.05, 0) is 23.6 Å². The van der Waals surface area contributed by atoms with Crippen molar-refractivity contribution in [3.63, 3.8) is 0 Å². The molecule has 0 bridgehead atoms. The molecule has 1 atom stereocenters. The van der Waals surface area contributed by atoms with Gasteiger partial charge in [0.1, 0.15) is 5.82 Å². The van der Waals surface area contributed by atoms with E-state index in [0.717, 1.165) is 39.8 Å². The Morgan fingerprint density at radius 3 is 2.85 bits per heavy atom. The molecule has 3 aromatic heterocycles. The highest BCUT2D eigenvalue weighted by molar-refractivity contribution is 7.99. The monoisotopic (exact) mass is 380 g/mol. The van der Waals surface area contributed by atoms with E-state index < -0.39 is 0 Å². The third kappa shape index (κ3) is 3.85. The fourth-order valence-electron chi connectivity index (χ4n) is 3.13. The summed E-state index contributed by atoms with van der Waals surface area (Å²) in [4.78, 5) is 25.3. The highest BCUT2D eigenvalue weighted by Crippen LogP contribution is 2.36. The van der Waals surface area contributed by atoms with Crippen LogP contribution in [0.15, 0.2) is 48.3 Å². The predicted molar refractivity (Wildman–Crippen MR) is 104 cm³/mol. The van der Waals surface area contributed by atoms with Crippen LogP contribution in [0.5, 0.6) is 0 Å². The molecule has 0 aliphatic carbocycles. The molecular weight excluding hydrogens is 360 g/mol. The second-order valence-electron chi connectivity index (χ2n) is 6.42. The van der Waals surface area contributed by atoms with Gasteiger partial charge in [-0.15, -0.1) is 0 Å². The number of carbonyl (C=O) groups excluding carboxylic acids is 1. The van der Waals surface area contributed by atoms with Gasteiger partial charge in [0.15, 0.2) is 5.16 Å². The number of hydrogen-bond acceptors (Lipinski definition) is 6. The van der Waals surface area contributed by atoms with Crippen LogP contribution in [-0.2, 0) is 11.3 Å².